The molecule has 0 spiro atoms. The molecule has 0 bridgehead atoms. The Morgan fingerprint density at radius 3 is 2.91 bits per heavy atom. The molecule has 0 unspecified atom stereocenters. The maximum absolute atomic E-state index is 12.9. The van der Waals surface area contributed by atoms with Gasteiger partial charge in [0.2, 0.25) is 0 Å². The number of rotatable bonds is 3. The third-order valence-electron chi connectivity index (χ3n) is 1.84. The summed E-state index contributed by atoms with van der Waals surface area (Å²) >= 11 is 0. The van der Waals surface area contributed by atoms with Gasteiger partial charge >= 0.3 is 5.97 Å². The van der Waals surface area contributed by atoms with E-state index >= 15 is 0 Å². The topological polar surface area (TPSA) is 46.5 Å². The van der Waals surface area contributed by atoms with Crippen LogP contribution in [-0.2, 0) is 9.53 Å². The molecule has 1 N–H and O–H groups in total. The number of aliphatic hydroxyl groups is 1. The van der Waals surface area contributed by atoms with Crippen LogP contribution in [0.1, 0.15) is 13.3 Å². The Kier molecular flexibility index (Phi) is 2.13. The molecular weight excluding hydrogens is 151 g/mol. The highest BCUT2D eigenvalue weighted by atomic mass is 19.1. The van der Waals surface area contributed by atoms with Crippen LogP contribution in [0.2, 0.25) is 0 Å². The maximum Gasteiger partial charge on any atom is 0.312 e. The van der Waals surface area contributed by atoms with Crippen molar-refractivity contribution in [2.24, 2.45) is 5.92 Å². The number of hydrogen-bond acceptors (Lipinski definition) is 3. The van der Waals surface area contributed by atoms with Crippen LogP contribution in [0.25, 0.3) is 0 Å². The Bertz CT molecular complexity index is 171. The van der Waals surface area contributed by atoms with Crippen LogP contribution in [-0.4, -0.2) is 30.0 Å². The molecule has 1 aliphatic carbocycles. The summed E-state index contributed by atoms with van der Waals surface area (Å²) in [6, 6.07) is 0. The second-order valence-electron chi connectivity index (χ2n) is 2.70. The van der Waals surface area contributed by atoms with Crippen molar-refractivity contribution in [3.8, 4) is 0 Å². The van der Waals surface area contributed by atoms with Gasteiger partial charge in [0.25, 0.3) is 0 Å². The molecule has 1 fully saturated rings. The van der Waals surface area contributed by atoms with Crippen molar-refractivity contribution in [1.82, 2.24) is 0 Å². The van der Waals surface area contributed by atoms with Gasteiger partial charge < -0.3 is 9.84 Å². The Labute approximate surface area is 64.2 Å². The highest BCUT2D eigenvalue weighted by Gasteiger charge is 2.60. The monoisotopic (exact) mass is 162 g/mol. The van der Waals surface area contributed by atoms with Crippen LogP contribution in [0.3, 0.4) is 0 Å². The molecule has 1 aliphatic rings. The van der Waals surface area contributed by atoms with Crippen LogP contribution in [0, 0.1) is 5.92 Å². The molecule has 4 heteroatoms. The average Bonchev–Trinajstić information content (AvgIpc) is 2.65. The lowest BCUT2D eigenvalue weighted by molar-refractivity contribution is -0.146. The summed E-state index contributed by atoms with van der Waals surface area (Å²) in [5, 5.41) is 8.47. The van der Waals surface area contributed by atoms with Gasteiger partial charge in [-0.15, -0.1) is 0 Å². The third kappa shape index (κ3) is 1.50. The number of alkyl halides is 1. The van der Waals surface area contributed by atoms with Gasteiger partial charge in [0.1, 0.15) is 5.67 Å². The van der Waals surface area contributed by atoms with Gasteiger partial charge in [0, 0.05) is 6.42 Å². The number of ether oxygens (including phenoxy) is 1. The van der Waals surface area contributed by atoms with E-state index in [9.17, 15) is 9.18 Å². The summed E-state index contributed by atoms with van der Waals surface area (Å²) < 4.78 is 17.5. The zero-order valence-electron chi connectivity index (χ0n) is 6.34. The predicted molar refractivity (Wildman–Crippen MR) is 35.7 cm³/mol. The van der Waals surface area contributed by atoms with E-state index in [0.29, 0.717) is 0 Å². The smallest absolute Gasteiger partial charge is 0.312 e. The molecule has 1 rings (SSSR count). The van der Waals surface area contributed by atoms with Crippen molar-refractivity contribution < 1.29 is 19.0 Å². The van der Waals surface area contributed by atoms with Crippen LogP contribution in [0.15, 0.2) is 0 Å². The van der Waals surface area contributed by atoms with Gasteiger partial charge in [0.15, 0.2) is 0 Å². The third-order valence-corrected chi connectivity index (χ3v) is 1.84. The van der Waals surface area contributed by atoms with Crippen molar-refractivity contribution in [1.29, 1.82) is 0 Å². The van der Waals surface area contributed by atoms with Gasteiger partial charge in [-0.2, -0.15) is 0 Å². The summed E-state index contributed by atoms with van der Waals surface area (Å²) in [6.45, 7) is 1.34. The second kappa shape index (κ2) is 2.77. The number of halogens is 1. The summed E-state index contributed by atoms with van der Waals surface area (Å²) in [7, 11) is 0. The first-order chi connectivity index (χ1) is 5.14. The first-order valence-electron chi connectivity index (χ1n) is 3.60. The number of carbonyl (C=O) groups excluding carboxylic acids is 1. The molecule has 2 atom stereocenters. The van der Waals surface area contributed by atoms with Gasteiger partial charge in [-0.1, -0.05) is 0 Å². The fourth-order valence-corrected chi connectivity index (χ4v) is 0.993. The fourth-order valence-electron chi connectivity index (χ4n) is 0.993. The zero-order chi connectivity index (χ0) is 8.48. The molecule has 0 aliphatic heterocycles. The zero-order valence-corrected chi connectivity index (χ0v) is 6.34. The molecule has 0 saturated heterocycles. The van der Waals surface area contributed by atoms with E-state index in [1.807, 2.05) is 0 Å². The van der Waals surface area contributed by atoms with E-state index in [1.165, 1.54) is 0 Å². The van der Waals surface area contributed by atoms with Crippen molar-refractivity contribution in [3.05, 3.63) is 0 Å². The second-order valence-corrected chi connectivity index (χ2v) is 2.70. The predicted octanol–water partition coefficient (Wildman–Crippen LogP) is 0.270. The molecule has 0 aromatic heterocycles. The van der Waals surface area contributed by atoms with E-state index in [2.05, 4.69) is 4.74 Å². The van der Waals surface area contributed by atoms with Gasteiger partial charge in [-0.3, -0.25) is 4.79 Å². The Morgan fingerprint density at radius 2 is 2.55 bits per heavy atom. The molecule has 0 amide bonds. The lowest BCUT2D eigenvalue weighted by atomic mass is 10.3. The molecule has 0 aromatic rings. The molecule has 0 radical (unpaired) electrons. The summed E-state index contributed by atoms with van der Waals surface area (Å²) in [5.41, 5.74) is -1.69. The van der Waals surface area contributed by atoms with Crippen LogP contribution in [0.4, 0.5) is 4.39 Å². The molecule has 0 heterocycles. The quantitative estimate of drug-likeness (QED) is 0.606. The number of hydrogen-bond donors (Lipinski definition) is 1. The molecular formula is C7H11FO3. The van der Waals surface area contributed by atoms with E-state index in [0.717, 1.165) is 0 Å². The normalized spacial score (nSPS) is 35.0. The SMILES string of the molecule is CCOC(=O)[C@H]1C[C@]1(F)CO. The van der Waals surface area contributed by atoms with E-state index < -0.39 is 24.2 Å². The number of aliphatic hydroxyl groups excluding tert-OH is 1. The van der Waals surface area contributed by atoms with Crippen molar-refractivity contribution in [2.45, 2.75) is 19.0 Å². The van der Waals surface area contributed by atoms with E-state index in [-0.39, 0.29) is 13.0 Å². The lowest BCUT2D eigenvalue weighted by Gasteiger charge is -2.02. The Hall–Kier alpha value is -0.640. The van der Waals surface area contributed by atoms with E-state index in [1.54, 1.807) is 6.92 Å². The summed E-state index contributed by atoms with van der Waals surface area (Å²) in [4.78, 5) is 10.8. The van der Waals surface area contributed by atoms with Crippen molar-refractivity contribution in [2.75, 3.05) is 13.2 Å². The first-order valence-corrected chi connectivity index (χ1v) is 3.60. The Balaban J connectivity index is 2.36. The minimum absolute atomic E-state index is 0.0995. The highest BCUT2D eigenvalue weighted by Crippen LogP contribution is 2.47. The van der Waals surface area contributed by atoms with E-state index in [4.69, 9.17) is 5.11 Å². The standard InChI is InChI=1S/C7H11FO3/c1-2-11-6(10)5-3-7(5,8)4-9/h5,9H,2-4H2,1H3/t5-,7+/m1/s1. The largest absolute Gasteiger partial charge is 0.466 e. The van der Waals surface area contributed by atoms with Gasteiger partial charge in [0.05, 0.1) is 19.1 Å². The average molecular weight is 162 g/mol. The molecule has 1 saturated carbocycles. The summed E-state index contributed by atoms with van der Waals surface area (Å²) in [5.74, 6) is -1.27. The number of carbonyl (C=O) groups is 1. The molecule has 3 nitrogen and oxygen atoms in total. The maximum atomic E-state index is 12.9. The van der Waals surface area contributed by atoms with Crippen LogP contribution >= 0.6 is 0 Å². The lowest BCUT2D eigenvalue weighted by Crippen LogP contribution is -2.17. The Morgan fingerprint density at radius 1 is 1.91 bits per heavy atom. The first kappa shape index (κ1) is 8.46. The van der Waals surface area contributed by atoms with Gasteiger partial charge in [-0.25, -0.2) is 4.39 Å². The molecule has 64 valence electrons. The molecule has 11 heavy (non-hydrogen) atoms. The van der Waals surface area contributed by atoms with Gasteiger partial charge in [-0.05, 0) is 6.92 Å². The van der Waals surface area contributed by atoms with Crippen molar-refractivity contribution in [3.63, 3.8) is 0 Å². The summed E-state index contributed by atoms with van der Waals surface area (Å²) in [6.07, 6.45) is 0.0995. The van der Waals surface area contributed by atoms with Crippen molar-refractivity contribution >= 4 is 5.97 Å². The van der Waals surface area contributed by atoms with Crippen LogP contribution in [0.5, 0.6) is 0 Å². The fraction of sp³-hybridized carbons (Fsp3) is 0.857. The highest BCUT2D eigenvalue weighted by molar-refractivity contribution is 5.77. The minimum atomic E-state index is -1.69. The minimum Gasteiger partial charge on any atom is -0.466 e. The number of esters is 1. The molecule has 0 aromatic carbocycles. The van der Waals surface area contributed by atoms with Crippen LogP contribution < -0.4 is 0 Å².